The SMILES string of the molecule is CCN(CCN(C)CCc1ccccc1)c1cnc(C2=CCC=C(c3ccc4c(Cl)c(C(=O)OC)ccc4c3)C=C2)nc1. The van der Waals surface area contributed by atoms with Crippen molar-refractivity contribution in [1.82, 2.24) is 14.9 Å². The van der Waals surface area contributed by atoms with E-state index in [0.29, 0.717) is 16.4 Å². The summed E-state index contributed by atoms with van der Waals surface area (Å²) in [5.41, 5.74) is 5.94. The van der Waals surface area contributed by atoms with E-state index in [2.05, 4.69) is 84.5 Å². The minimum Gasteiger partial charge on any atom is -0.465 e. The number of aromatic nitrogens is 2. The van der Waals surface area contributed by atoms with Crippen molar-refractivity contribution >= 4 is 45.2 Å². The highest BCUT2D eigenvalue weighted by Gasteiger charge is 2.15. The van der Waals surface area contributed by atoms with E-state index >= 15 is 0 Å². The molecule has 1 aromatic heterocycles. The van der Waals surface area contributed by atoms with Gasteiger partial charge in [-0.15, -0.1) is 0 Å². The van der Waals surface area contributed by atoms with Gasteiger partial charge in [-0.3, -0.25) is 0 Å². The molecule has 0 unspecified atom stereocenters. The Bertz CT molecular complexity index is 1660. The molecule has 1 heterocycles. The van der Waals surface area contributed by atoms with Gasteiger partial charge in [0, 0.05) is 37.1 Å². The van der Waals surface area contributed by atoms with Crippen LogP contribution in [0.15, 0.2) is 97.4 Å². The van der Waals surface area contributed by atoms with Gasteiger partial charge in [0.15, 0.2) is 5.82 Å². The zero-order valence-electron chi connectivity index (χ0n) is 25.0. The summed E-state index contributed by atoms with van der Waals surface area (Å²) in [5.74, 6) is 0.273. The summed E-state index contributed by atoms with van der Waals surface area (Å²) in [6, 6.07) is 20.3. The van der Waals surface area contributed by atoms with Crippen molar-refractivity contribution in [2.24, 2.45) is 0 Å². The quantitative estimate of drug-likeness (QED) is 0.168. The number of fused-ring (bicyclic) bond motifs is 1. The zero-order valence-corrected chi connectivity index (χ0v) is 25.7. The van der Waals surface area contributed by atoms with Crippen LogP contribution in [0.4, 0.5) is 5.69 Å². The summed E-state index contributed by atoms with van der Waals surface area (Å²) in [5, 5.41) is 2.19. The topological polar surface area (TPSA) is 58.6 Å². The molecule has 0 saturated carbocycles. The Morgan fingerprint density at radius 2 is 1.67 bits per heavy atom. The molecule has 0 radical (unpaired) electrons. The number of halogens is 1. The van der Waals surface area contributed by atoms with Gasteiger partial charge >= 0.3 is 5.97 Å². The van der Waals surface area contributed by atoms with E-state index in [0.717, 1.165) is 72.2 Å². The van der Waals surface area contributed by atoms with Crippen LogP contribution in [0, 0.1) is 0 Å². The Kier molecular flexibility index (Phi) is 10.0. The van der Waals surface area contributed by atoms with Crippen molar-refractivity contribution in [3.05, 3.63) is 125 Å². The first-order valence-electron chi connectivity index (χ1n) is 14.7. The van der Waals surface area contributed by atoms with Gasteiger partial charge in [-0.1, -0.05) is 84.4 Å². The third-order valence-electron chi connectivity index (χ3n) is 7.83. The van der Waals surface area contributed by atoms with E-state index in [4.69, 9.17) is 26.3 Å². The lowest BCUT2D eigenvalue weighted by molar-refractivity contribution is 0.0601. The van der Waals surface area contributed by atoms with Crippen molar-refractivity contribution in [2.45, 2.75) is 19.8 Å². The second-order valence-corrected chi connectivity index (χ2v) is 11.0. The molecular formula is C36H37ClN4O2. The lowest BCUT2D eigenvalue weighted by Gasteiger charge is -2.26. The maximum absolute atomic E-state index is 12.0. The van der Waals surface area contributed by atoms with Crippen LogP contribution in [-0.4, -0.2) is 61.2 Å². The lowest BCUT2D eigenvalue weighted by atomic mass is 9.99. The fourth-order valence-electron chi connectivity index (χ4n) is 5.22. The van der Waals surface area contributed by atoms with Crippen LogP contribution in [0.2, 0.25) is 5.02 Å². The molecule has 0 aliphatic heterocycles. The van der Waals surface area contributed by atoms with Crippen LogP contribution in [0.25, 0.3) is 21.9 Å². The number of ether oxygens (including phenoxy) is 1. The fourth-order valence-corrected chi connectivity index (χ4v) is 5.53. The first kappa shape index (κ1) is 30.2. The molecule has 0 amide bonds. The van der Waals surface area contributed by atoms with Gasteiger partial charge in [-0.25, -0.2) is 14.8 Å². The number of nitrogens with zero attached hydrogens (tertiary/aromatic N) is 4. The van der Waals surface area contributed by atoms with Crippen LogP contribution in [-0.2, 0) is 11.2 Å². The van der Waals surface area contributed by atoms with E-state index in [1.54, 1.807) is 6.07 Å². The molecule has 1 aliphatic carbocycles. The number of rotatable bonds is 11. The molecule has 0 N–H and O–H groups in total. The Morgan fingerprint density at radius 3 is 2.42 bits per heavy atom. The molecule has 5 rings (SSSR count). The molecule has 220 valence electrons. The van der Waals surface area contributed by atoms with Crippen molar-refractivity contribution < 1.29 is 9.53 Å². The number of allylic oxidation sites excluding steroid dienone is 6. The number of carbonyl (C=O) groups excluding carboxylic acids is 1. The van der Waals surface area contributed by atoms with E-state index < -0.39 is 5.97 Å². The molecule has 1 aliphatic rings. The van der Waals surface area contributed by atoms with Gasteiger partial charge in [0.05, 0.1) is 35.8 Å². The third kappa shape index (κ3) is 7.39. The van der Waals surface area contributed by atoms with E-state index in [-0.39, 0.29) is 0 Å². The van der Waals surface area contributed by atoms with E-state index in [1.165, 1.54) is 12.7 Å². The van der Waals surface area contributed by atoms with Gasteiger partial charge in [0.1, 0.15) is 0 Å². The van der Waals surface area contributed by atoms with E-state index in [9.17, 15) is 4.79 Å². The van der Waals surface area contributed by atoms with Crippen molar-refractivity contribution in [1.29, 1.82) is 0 Å². The number of hydrogen-bond donors (Lipinski definition) is 0. The Labute approximate surface area is 259 Å². The van der Waals surface area contributed by atoms with Gasteiger partial charge in [-0.2, -0.15) is 0 Å². The maximum atomic E-state index is 12.0. The summed E-state index contributed by atoms with van der Waals surface area (Å²) in [6.07, 6.45) is 14.2. The number of methoxy groups -OCH3 is 1. The molecule has 0 atom stereocenters. The second kappa shape index (κ2) is 14.3. The van der Waals surface area contributed by atoms with Crippen molar-refractivity contribution in [2.75, 3.05) is 45.2 Å². The molecule has 6 nitrogen and oxygen atoms in total. The molecular weight excluding hydrogens is 556 g/mol. The Hall–Kier alpha value is -4.26. The number of hydrogen-bond acceptors (Lipinski definition) is 6. The average Bonchev–Trinajstić information content (AvgIpc) is 3.31. The maximum Gasteiger partial charge on any atom is 0.339 e. The molecule has 0 fully saturated rings. The van der Waals surface area contributed by atoms with E-state index in [1.807, 2.05) is 30.6 Å². The van der Waals surface area contributed by atoms with Gasteiger partial charge < -0.3 is 14.5 Å². The third-order valence-corrected chi connectivity index (χ3v) is 8.24. The van der Waals surface area contributed by atoms with Gasteiger partial charge in [0.25, 0.3) is 0 Å². The van der Waals surface area contributed by atoms with Crippen LogP contribution in [0.5, 0.6) is 0 Å². The summed E-state index contributed by atoms with van der Waals surface area (Å²) < 4.78 is 4.85. The number of esters is 1. The first-order chi connectivity index (χ1) is 21.0. The number of likely N-dealkylation sites (N-methyl/N-ethyl adjacent to an activating group) is 2. The molecule has 0 spiro atoms. The summed E-state index contributed by atoms with van der Waals surface area (Å²) in [7, 11) is 3.53. The normalized spacial score (nSPS) is 13.0. The second-order valence-electron chi connectivity index (χ2n) is 10.6. The monoisotopic (exact) mass is 592 g/mol. The summed E-state index contributed by atoms with van der Waals surface area (Å²) >= 11 is 6.51. The highest BCUT2D eigenvalue weighted by atomic mass is 35.5. The molecule has 3 aromatic carbocycles. The smallest absolute Gasteiger partial charge is 0.339 e. The van der Waals surface area contributed by atoms with Crippen molar-refractivity contribution in [3.63, 3.8) is 0 Å². The molecule has 7 heteroatoms. The molecule has 43 heavy (non-hydrogen) atoms. The lowest BCUT2D eigenvalue weighted by Crippen LogP contribution is -2.34. The largest absolute Gasteiger partial charge is 0.465 e. The van der Waals surface area contributed by atoms with Crippen LogP contribution in [0.3, 0.4) is 0 Å². The summed E-state index contributed by atoms with van der Waals surface area (Å²) in [6.45, 7) is 5.98. The zero-order chi connectivity index (χ0) is 30.2. The minimum absolute atomic E-state index is 0.367. The number of anilines is 1. The highest BCUT2D eigenvalue weighted by molar-refractivity contribution is 6.38. The number of carbonyl (C=O) groups is 1. The molecule has 0 saturated heterocycles. The van der Waals surface area contributed by atoms with Gasteiger partial charge in [-0.05, 0) is 61.0 Å². The minimum atomic E-state index is -0.441. The molecule has 4 aromatic rings. The fraction of sp³-hybridized carbons (Fsp3) is 0.250. The Balaban J connectivity index is 1.21. The predicted molar refractivity (Wildman–Crippen MR) is 178 cm³/mol. The highest BCUT2D eigenvalue weighted by Crippen LogP contribution is 2.32. The summed E-state index contributed by atoms with van der Waals surface area (Å²) in [4.78, 5) is 26.2. The predicted octanol–water partition coefficient (Wildman–Crippen LogP) is 7.50. The Morgan fingerprint density at radius 1 is 0.930 bits per heavy atom. The number of benzene rings is 3. The van der Waals surface area contributed by atoms with Gasteiger partial charge in [0.2, 0.25) is 0 Å². The van der Waals surface area contributed by atoms with Crippen molar-refractivity contribution in [3.8, 4) is 0 Å². The average molecular weight is 593 g/mol. The standard InChI is InChI=1S/C36H37ClN4O2/c1-4-41(22-21-40(2)20-19-26-9-6-5-7-10-26)31-24-38-35(39-25-31)28-12-8-11-27(13-14-28)29-15-17-32-30(23-29)16-18-33(34(32)37)36(42)43-3/h5-7,9-18,23-25H,4,8,19-22H2,1-3H3. The van der Waals surface area contributed by atoms with Crippen LogP contribution in [0.1, 0.15) is 40.7 Å². The molecule has 0 bridgehead atoms. The van der Waals surface area contributed by atoms with Crippen LogP contribution >= 0.6 is 11.6 Å². The first-order valence-corrected chi connectivity index (χ1v) is 15.0. The van der Waals surface area contributed by atoms with Crippen LogP contribution < -0.4 is 4.90 Å².